The molecule has 0 aliphatic heterocycles. The Morgan fingerprint density at radius 1 is 0.889 bits per heavy atom. The average molecular weight is 239 g/mol. The summed E-state index contributed by atoms with van der Waals surface area (Å²) < 4.78 is 5.91. The Morgan fingerprint density at radius 2 is 1.33 bits per heavy atom. The molecule has 2 rings (SSSR count). The highest BCUT2D eigenvalue weighted by Crippen LogP contribution is 2.37. The van der Waals surface area contributed by atoms with Crippen LogP contribution in [0.4, 0.5) is 0 Å². The number of benzene rings is 2. The molecule has 0 saturated heterocycles. The maximum Gasteiger partial charge on any atom is 0.118 e. The van der Waals surface area contributed by atoms with Crippen molar-refractivity contribution in [1.29, 1.82) is 0 Å². The lowest BCUT2D eigenvalue weighted by Crippen LogP contribution is -2.29. The first-order valence-electron chi connectivity index (χ1n) is 6.29. The first kappa shape index (κ1) is 12.8. The standard InChI is InChI=1S/C17H19O/c1-3-14-17(18-2,15-10-6-4-7-11-15)16-12-8-5-9-13-16/h4-13H,1,3,14H2,2H3. The molecule has 0 heterocycles. The second-order valence-electron chi connectivity index (χ2n) is 4.37. The molecular weight excluding hydrogens is 220 g/mol. The van der Waals surface area contributed by atoms with Crippen molar-refractivity contribution < 1.29 is 4.74 Å². The number of methoxy groups -OCH3 is 1. The molecular formula is C17H19O. The topological polar surface area (TPSA) is 9.23 Å². The number of hydrogen-bond donors (Lipinski definition) is 0. The summed E-state index contributed by atoms with van der Waals surface area (Å²) in [5.74, 6) is 0. The second-order valence-corrected chi connectivity index (χ2v) is 4.37. The highest BCUT2D eigenvalue weighted by molar-refractivity contribution is 5.36. The number of rotatable bonds is 5. The van der Waals surface area contributed by atoms with Crippen LogP contribution in [0.15, 0.2) is 60.7 Å². The van der Waals surface area contributed by atoms with Crippen molar-refractivity contribution in [2.45, 2.75) is 18.4 Å². The molecule has 2 aromatic carbocycles. The van der Waals surface area contributed by atoms with Gasteiger partial charge in [0, 0.05) is 7.11 Å². The zero-order valence-electron chi connectivity index (χ0n) is 10.8. The van der Waals surface area contributed by atoms with E-state index in [9.17, 15) is 0 Å². The molecule has 0 fully saturated rings. The summed E-state index contributed by atoms with van der Waals surface area (Å²) >= 11 is 0. The molecule has 1 heteroatoms. The van der Waals surface area contributed by atoms with Crippen LogP contribution in [0.25, 0.3) is 0 Å². The van der Waals surface area contributed by atoms with Crippen molar-refractivity contribution in [3.05, 3.63) is 78.7 Å². The predicted molar refractivity (Wildman–Crippen MR) is 75.3 cm³/mol. The SMILES string of the molecule is [CH2]CCC(OC)(c1ccccc1)c1ccccc1. The Labute approximate surface area is 109 Å². The van der Waals surface area contributed by atoms with Crippen molar-refractivity contribution in [1.82, 2.24) is 0 Å². The van der Waals surface area contributed by atoms with Gasteiger partial charge in [-0.05, 0) is 24.0 Å². The summed E-state index contributed by atoms with van der Waals surface area (Å²) in [7, 11) is 1.77. The first-order valence-corrected chi connectivity index (χ1v) is 6.29. The third kappa shape index (κ3) is 2.32. The second kappa shape index (κ2) is 5.83. The van der Waals surface area contributed by atoms with E-state index in [1.807, 2.05) is 12.1 Å². The van der Waals surface area contributed by atoms with Crippen molar-refractivity contribution in [3.63, 3.8) is 0 Å². The lowest BCUT2D eigenvalue weighted by Gasteiger charge is -2.33. The van der Waals surface area contributed by atoms with E-state index >= 15 is 0 Å². The molecule has 2 aromatic rings. The van der Waals surface area contributed by atoms with Crippen LogP contribution in [0.5, 0.6) is 0 Å². The maximum absolute atomic E-state index is 5.91. The normalized spacial score (nSPS) is 11.4. The van der Waals surface area contributed by atoms with Crippen molar-refractivity contribution in [2.75, 3.05) is 7.11 Å². The van der Waals surface area contributed by atoms with Gasteiger partial charge in [-0.3, -0.25) is 0 Å². The smallest absolute Gasteiger partial charge is 0.118 e. The van der Waals surface area contributed by atoms with Gasteiger partial charge in [0.2, 0.25) is 0 Å². The zero-order chi connectivity index (χ0) is 12.8. The summed E-state index contributed by atoms with van der Waals surface area (Å²) in [6.45, 7) is 3.99. The van der Waals surface area contributed by atoms with Gasteiger partial charge in [-0.2, -0.15) is 0 Å². The van der Waals surface area contributed by atoms with Gasteiger partial charge in [0.15, 0.2) is 0 Å². The molecule has 0 saturated carbocycles. The van der Waals surface area contributed by atoms with Crippen molar-refractivity contribution in [3.8, 4) is 0 Å². The maximum atomic E-state index is 5.91. The fraction of sp³-hybridized carbons (Fsp3) is 0.235. The van der Waals surface area contributed by atoms with E-state index in [-0.39, 0.29) is 5.60 Å². The third-order valence-corrected chi connectivity index (χ3v) is 3.36. The van der Waals surface area contributed by atoms with Crippen molar-refractivity contribution >= 4 is 0 Å². The Hall–Kier alpha value is -1.60. The number of ether oxygens (including phenoxy) is 1. The van der Waals surface area contributed by atoms with E-state index < -0.39 is 0 Å². The van der Waals surface area contributed by atoms with Crippen LogP contribution in [-0.2, 0) is 10.3 Å². The minimum Gasteiger partial charge on any atom is -0.369 e. The summed E-state index contributed by atoms with van der Waals surface area (Å²) in [5.41, 5.74) is 1.98. The van der Waals surface area contributed by atoms with E-state index in [1.54, 1.807) is 7.11 Å². The molecule has 0 aliphatic rings. The van der Waals surface area contributed by atoms with Crippen LogP contribution in [0.3, 0.4) is 0 Å². The number of hydrogen-bond acceptors (Lipinski definition) is 1. The molecule has 1 nitrogen and oxygen atoms in total. The Bertz CT molecular complexity index is 422. The van der Waals surface area contributed by atoms with Crippen LogP contribution >= 0.6 is 0 Å². The van der Waals surface area contributed by atoms with E-state index in [0.29, 0.717) is 0 Å². The lowest BCUT2D eigenvalue weighted by atomic mass is 9.82. The van der Waals surface area contributed by atoms with Gasteiger partial charge >= 0.3 is 0 Å². The molecule has 18 heavy (non-hydrogen) atoms. The Morgan fingerprint density at radius 3 is 1.67 bits per heavy atom. The molecule has 0 N–H and O–H groups in total. The zero-order valence-corrected chi connectivity index (χ0v) is 10.8. The molecule has 0 aromatic heterocycles. The van der Waals surface area contributed by atoms with Crippen LogP contribution < -0.4 is 0 Å². The molecule has 0 unspecified atom stereocenters. The van der Waals surface area contributed by atoms with Crippen LogP contribution in [0.2, 0.25) is 0 Å². The first-order chi connectivity index (χ1) is 8.83. The van der Waals surface area contributed by atoms with Gasteiger partial charge < -0.3 is 4.74 Å². The minimum absolute atomic E-state index is 0.385. The van der Waals surface area contributed by atoms with Gasteiger partial charge in [-0.15, -0.1) is 0 Å². The van der Waals surface area contributed by atoms with E-state index in [1.165, 1.54) is 11.1 Å². The highest BCUT2D eigenvalue weighted by Gasteiger charge is 2.32. The molecule has 1 radical (unpaired) electrons. The Kier molecular flexibility index (Phi) is 4.16. The molecule has 0 spiro atoms. The third-order valence-electron chi connectivity index (χ3n) is 3.36. The lowest BCUT2D eigenvalue weighted by molar-refractivity contribution is 0.0151. The minimum atomic E-state index is -0.385. The van der Waals surface area contributed by atoms with Crippen LogP contribution in [0.1, 0.15) is 24.0 Å². The van der Waals surface area contributed by atoms with Crippen LogP contribution in [0, 0.1) is 6.92 Å². The predicted octanol–water partition coefficient (Wildman–Crippen LogP) is 4.19. The molecule has 93 valence electrons. The van der Waals surface area contributed by atoms with Crippen LogP contribution in [-0.4, -0.2) is 7.11 Å². The van der Waals surface area contributed by atoms with Gasteiger partial charge in [-0.25, -0.2) is 0 Å². The quantitative estimate of drug-likeness (QED) is 0.760. The summed E-state index contributed by atoms with van der Waals surface area (Å²) in [4.78, 5) is 0. The summed E-state index contributed by atoms with van der Waals surface area (Å²) in [6, 6.07) is 20.7. The molecule has 0 atom stereocenters. The van der Waals surface area contributed by atoms with Gasteiger partial charge in [-0.1, -0.05) is 67.6 Å². The van der Waals surface area contributed by atoms with Gasteiger partial charge in [0.05, 0.1) is 0 Å². The molecule has 0 amide bonds. The highest BCUT2D eigenvalue weighted by atomic mass is 16.5. The largest absolute Gasteiger partial charge is 0.369 e. The Balaban J connectivity index is 2.53. The van der Waals surface area contributed by atoms with E-state index in [4.69, 9.17) is 4.74 Å². The van der Waals surface area contributed by atoms with Crippen molar-refractivity contribution in [2.24, 2.45) is 0 Å². The van der Waals surface area contributed by atoms with Gasteiger partial charge in [0.25, 0.3) is 0 Å². The monoisotopic (exact) mass is 239 g/mol. The molecule has 0 aliphatic carbocycles. The fourth-order valence-electron chi connectivity index (χ4n) is 2.46. The van der Waals surface area contributed by atoms with E-state index in [0.717, 1.165) is 12.8 Å². The van der Waals surface area contributed by atoms with E-state index in [2.05, 4.69) is 55.5 Å². The van der Waals surface area contributed by atoms with Gasteiger partial charge in [0.1, 0.15) is 5.60 Å². The summed E-state index contributed by atoms with van der Waals surface area (Å²) in [6.07, 6.45) is 1.70. The molecule has 0 bridgehead atoms. The average Bonchev–Trinajstić information content (AvgIpc) is 2.47. The summed E-state index contributed by atoms with van der Waals surface area (Å²) in [5, 5.41) is 0. The fourth-order valence-corrected chi connectivity index (χ4v) is 2.46.